The van der Waals surface area contributed by atoms with E-state index in [2.05, 4.69) is 31.9 Å². The SMILES string of the molecule is Clc1ccc([C@H](Br)[C@@H](Br)c2ccc(Cl)cc2)cc1. The van der Waals surface area contributed by atoms with Gasteiger partial charge in [0.15, 0.2) is 0 Å². The quantitative estimate of drug-likeness (QED) is 0.504. The Balaban J connectivity index is 2.20. The molecule has 0 nitrogen and oxygen atoms in total. The van der Waals surface area contributed by atoms with E-state index in [-0.39, 0.29) is 9.65 Å². The Morgan fingerprint density at radius 3 is 1.17 bits per heavy atom. The third-order valence-corrected chi connectivity index (χ3v) is 5.96. The average molecular weight is 409 g/mol. The van der Waals surface area contributed by atoms with Gasteiger partial charge in [0.1, 0.15) is 0 Å². The molecule has 18 heavy (non-hydrogen) atoms. The summed E-state index contributed by atoms with van der Waals surface area (Å²) in [6.45, 7) is 0. The van der Waals surface area contributed by atoms with Crippen LogP contribution in [0.4, 0.5) is 0 Å². The second-order valence-corrected chi connectivity index (χ2v) is 6.75. The second-order valence-electron chi connectivity index (χ2n) is 3.91. The van der Waals surface area contributed by atoms with Crippen LogP contribution in [-0.4, -0.2) is 0 Å². The first-order valence-electron chi connectivity index (χ1n) is 5.37. The molecule has 4 heteroatoms. The standard InChI is InChI=1S/C14H10Br2Cl2/c15-13(9-1-5-11(17)6-2-9)14(16)10-3-7-12(18)8-4-10/h1-8,13-14H/t13-,14-/m0/s1. The fourth-order valence-corrected chi connectivity index (χ4v) is 3.10. The van der Waals surface area contributed by atoms with E-state index >= 15 is 0 Å². The summed E-state index contributed by atoms with van der Waals surface area (Å²) < 4.78 is 0. The molecular formula is C14H10Br2Cl2. The molecule has 0 spiro atoms. The Labute approximate surface area is 134 Å². The molecule has 0 amide bonds. The Kier molecular flexibility index (Phi) is 5.14. The van der Waals surface area contributed by atoms with E-state index in [9.17, 15) is 0 Å². The highest BCUT2D eigenvalue weighted by Gasteiger charge is 2.19. The van der Waals surface area contributed by atoms with Crippen molar-refractivity contribution in [3.8, 4) is 0 Å². The van der Waals surface area contributed by atoms with Crippen molar-refractivity contribution >= 4 is 55.1 Å². The fourth-order valence-electron chi connectivity index (χ4n) is 1.63. The fraction of sp³-hybridized carbons (Fsp3) is 0.143. The molecule has 2 aromatic carbocycles. The molecule has 2 aromatic rings. The van der Waals surface area contributed by atoms with E-state index in [1.165, 1.54) is 11.1 Å². The minimum Gasteiger partial charge on any atom is -0.0843 e. The summed E-state index contributed by atoms with van der Waals surface area (Å²) in [5.41, 5.74) is 2.35. The highest BCUT2D eigenvalue weighted by atomic mass is 79.9. The highest BCUT2D eigenvalue weighted by Crippen LogP contribution is 2.42. The summed E-state index contributed by atoms with van der Waals surface area (Å²) in [7, 11) is 0. The lowest BCUT2D eigenvalue weighted by Crippen LogP contribution is -1.99. The maximum atomic E-state index is 5.89. The first kappa shape index (κ1) is 14.4. The molecule has 94 valence electrons. The second kappa shape index (κ2) is 6.42. The first-order valence-corrected chi connectivity index (χ1v) is 7.96. The van der Waals surface area contributed by atoms with E-state index < -0.39 is 0 Å². The summed E-state index contributed by atoms with van der Waals surface area (Å²) in [6.07, 6.45) is 0. The van der Waals surface area contributed by atoms with E-state index in [0.717, 1.165) is 10.0 Å². The highest BCUT2D eigenvalue weighted by molar-refractivity contribution is 9.12. The average Bonchev–Trinajstić information content (AvgIpc) is 2.39. The summed E-state index contributed by atoms with van der Waals surface area (Å²) >= 11 is 19.2. The zero-order chi connectivity index (χ0) is 13.1. The molecule has 0 radical (unpaired) electrons. The molecule has 0 bridgehead atoms. The van der Waals surface area contributed by atoms with Crippen LogP contribution in [0.1, 0.15) is 20.8 Å². The van der Waals surface area contributed by atoms with Crippen LogP contribution in [0.5, 0.6) is 0 Å². The van der Waals surface area contributed by atoms with Gasteiger partial charge in [-0.3, -0.25) is 0 Å². The van der Waals surface area contributed by atoms with Crippen molar-refractivity contribution in [1.82, 2.24) is 0 Å². The van der Waals surface area contributed by atoms with E-state index in [4.69, 9.17) is 23.2 Å². The van der Waals surface area contributed by atoms with Crippen LogP contribution in [0.2, 0.25) is 10.0 Å². The third-order valence-electron chi connectivity index (χ3n) is 2.63. The van der Waals surface area contributed by atoms with Gasteiger partial charge in [-0.05, 0) is 35.4 Å². The van der Waals surface area contributed by atoms with Crippen molar-refractivity contribution in [3.63, 3.8) is 0 Å². The van der Waals surface area contributed by atoms with Crippen LogP contribution < -0.4 is 0 Å². The van der Waals surface area contributed by atoms with Crippen molar-refractivity contribution in [3.05, 3.63) is 69.7 Å². The molecular weight excluding hydrogens is 399 g/mol. The zero-order valence-electron chi connectivity index (χ0n) is 9.29. The smallest absolute Gasteiger partial charge is 0.0561 e. The van der Waals surface area contributed by atoms with Gasteiger partial charge >= 0.3 is 0 Å². The van der Waals surface area contributed by atoms with Crippen LogP contribution in [0.25, 0.3) is 0 Å². The molecule has 0 fully saturated rings. The molecule has 0 aliphatic heterocycles. The van der Waals surface area contributed by atoms with Gasteiger partial charge in [0.05, 0.1) is 9.65 Å². The van der Waals surface area contributed by atoms with Crippen molar-refractivity contribution in [1.29, 1.82) is 0 Å². The number of hydrogen-bond acceptors (Lipinski definition) is 0. The number of benzene rings is 2. The lowest BCUT2D eigenvalue weighted by Gasteiger charge is -2.17. The van der Waals surface area contributed by atoms with Crippen LogP contribution in [0.3, 0.4) is 0 Å². The van der Waals surface area contributed by atoms with E-state index in [1.54, 1.807) is 0 Å². The number of rotatable bonds is 3. The molecule has 2 rings (SSSR count). The first-order chi connectivity index (χ1) is 8.58. The van der Waals surface area contributed by atoms with Gasteiger partial charge in [-0.25, -0.2) is 0 Å². The van der Waals surface area contributed by atoms with Crippen LogP contribution >= 0.6 is 55.1 Å². The Morgan fingerprint density at radius 1 is 0.611 bits per heavy atom. The Bertz CT molecular complexity index is 459. The Morgan fingerprint density at radius 2 is 0.889 bits per heavy atom. The maximum absolute atomic E-state index is 5.89. The minimum absolute atomic E-state index is 0.177. The van der Waals surface area contributed by atoms with Gasteiger partial charge in [0.2, 0.25) is 0 Å². The maximum Gasteiger partial charge on any atom is 0.0561 e. The number of hydrogen-bond donors (Lipinski definition) is 0. The van der Waals surface area contributed by atoms with Crippen LogP contribution in [-0.2, 0) is 0 Å². The molecule has 2 atom stereocenters. The van der Waals surface area contributed by atoms with Crippen molar-refractivity contribution in [2.24, 2.45) is 0 Å². The summed E-state index contributed by atoms with van der Waals surface area (Å²) in [6, 6.07) is 15.7. The largest absolute Gasteiger partial charge is 0.0843 e. The number of alkyl halides is 2. The van der Waals surface area contributed by atoms with Crippen molar-refractivity contribution < 1.29 is 0 Å². The summed E-state index contributed by atoms with van der Waals surface area (Å²) in [5.74, 6) is 0. The minimum atomic E-state index is 0.177. The topological polar surface area (TPSA) is 0 Å². The molecule has 0 aromatic heterocycles. The summed E-state index contributed by atoms with van der Waals surface area (Å²) in [4.78, 5) is 0.354. The molecule has 0 saturated carbocycles. The van der Waals surface area contributed by atoms with E-state index in [1.807, 2.05) is 48.5 Å². The zero-order valence-corrected chi connectivity index (χ0v) is 14.0. The molecule has 0 aliphatic carbocycles. The van der Waals surface area contributed by atoms with Crippen molar-refractivity contribution in [2.45, 2.75) is 9.65 Å². The van der Waals surface area contributed by atoms with Gasteiger partial charge in [-0.15, -0.1) is 0 Å². The molecule has 0 N–H and O–H groups in total. The van der Waals surface area contributed by atoms with E-state index in [0.29, 0.717) is 0 Å². The molecule has 0 saturated heterocycles. The molecule has 0 aliphatic rings. The molecule has 0 heterocycles. The predicted octanol–water partition coefficient (Wildman–Crippen LogP) is 6.57. The summed E-state index contributed by atoms with van der Waals surface area (Å²) in [5, 5.41) is 1.49. The Hall–Kier alpha value is -0.0200. The lowest BCUT2D eigenvalue weighted by atomic mass is 10.0. The number of halogens is 4. The monoisotopic (exact) mass is 406 g/mol. The van der Waals surface area contributed by atoms with Crippen LogP contribution in [0, 0.1) is 0 Å². The van der Waals surface area contributed by atoms with Gasteiger partial charge in [0.25, 0.3) is 0 Å². The van der Waals surface area contributed by atoms with Crippen molar-refractivity contribution in [2.75, 3.05) is 0 Å². The third kappa shape index (κ3) is 3.51. The lowest BCUT2D eigenvalue weighted by molar-refractivity contribution is 0.938. The normalized spacial score (nSPS) is 14.2. The van der Waals surface area contributed by atoms with Crippen LogP contribution in [0.15, 0.2) is 48.5 Å². The van der Waals surface area contributed by atoms with Gasteiger partial charge in [-0.2, -0.15) is 0 Å². The molecule has 0 unspecified atom stereocenters. The van der Waals surface area contributed by atoms with Gasteiger partial charge < -0.3 is 0 Å². The van der Waals surface area contributed by atoms with Gasteiger partial charge in [-0.1, -0.05) is 79.3 Å². The van der Waals surface area contributed by atoms with Gasteiger partial charge in [0, 0.05) is 10.0 Å². The predicted molar refractivity (Wildman–Crippen MR) is 86.2 cm³/mol.